The number of allylic oxidation sites excluding steroid dienone is 1. The highest BCUT2D eigenvalue weighted by atomic mass is 35.5. The lowest BCUT2D eigenvalue weighted by Crippen LogP contribution is -2.39. The zero-order chi connectivity index (χ0) is 20.7. The number of ether oxygens (including phenoxy) is 1. The van der Waals surface area contributed by atoms with Gasteiger partial charge in [0.1, 0.15) is 17.6 Å². The Morgan fingerprint density at radius 2 is 2.10 bits per heavy atom. The van der Waals surface area contributed by atoms with Crippen LogP contribution >= 0.6 is 35.0 Å². The maximum Gasteiger partial charge on any atom is 0.338 e. The van der Waals surface area contributed by atoms with Gasteiger partial charge < -0.3 is 9.15 Å². The van der Waals surface area contributed by atoms with Gasteiger partial charge in [-0.15, -0.1) is 0 Å². The second-order valence-corrected chi connectivity index (χ2v) is 8.16. The third-order valence-corrected chi connectivity index (χ3v) is 6.26. The molecule has 3 heterocycles. The number of benzene rings is 1. The highest BCUT2D eigenvalue weighted by molar-refractivity contribution is 8.15. The van der Waals surface area contributed by atoms with Crippen LogP contribution in [0.4, 0.5) is 0 Å². The summed E-state index contributed by atoms with van der Waals surface area (Å²) in [6.07, 6.45) is 0. The molecule has 6 nitrogen and oxygen atoms in total. The summed E-state index contributed by atoms with van der Waals surface area (Å²) in [4.78, 5) is 31.2. The quantitative estimate of drug-likeness (QED) is 0.607. The molecule has 1 aromatic heterocycles. The van der Waals surface area contributed by atoms with Crippen molar-refractivity contribution >= 4 is 52.0 Å². The third kappa shape index (κ3) is 3.58. The Morgan fingerprint density at radius 3 is 2.83 bits per heavy atom. The zero-order valence-corrected chi connectivity index (χ0v) is 17.9. The number of aliphatic imine (C=N–C) groups is 1. The highest BCUT2D eigenvalue weighted by Crippen LogP contribution is 2.42. The number of rotatable bonds is 4. The molecular formula is C20H16Cl2N2O4S. The maximum atomic E-state index is 12.7. The van der Waals surface area contributed by atoms with Crippen molar-refractivity contribution in [1.29, 1.82) is 0 Å². The molecule has 0 unspecified atom stereocenters. The van der Waals surface area contributed by atoms with E-state index in [4.69, 9.17) is 32.4 Å². The van der Waals surface area contributed by atoms with Gasteiger partial charge in [0, 0.05) is 5.56 Å². The van der Waals surface area contributed by atoms with Gasteiger partial charge in [-0.2, -0.15) is 0 Å². The largest absolute Gasteiger partial charge is 0.463 e. The van der Waals surface area contributed by atoms with Gasteiger partial charge in [-0.05, 0) is 44.2 Å². The molecule has 2 aliphatic heterocycles. The van der Waals surface area contributed by atoms with Gasteiger partial charge in [-0.3, -0.25) is 9.69 Å². The van der Waals surface area contributed by atoms with Crippen LogP contribution in [-0.2, 0) is 14.3 Å². The highest BCUT2D eigenvalue weighted by Gasteiger charge is 2.44. The third-order valence-electron chi connectivity index (χ3n) is 4.58. The van der Waals surface area contributed by atoms with Crippen LogP contribution in [0.2, 0.25) is 10.0 Å². The average molecular weight is 451 g/mol. The number of furan rings is 1. The Morgan fingerprint density at radius 1 is 1.31 bits per heavy atom. The van der Waals surface area contributed by atoms with E-state index in [-0.39, 0.29) is 18.3 Å². The van der Waals surface area contributed by atoms with Gasteiger partial charge in [0.25, 0.3) is 0 Å². The van der Waals surface area contributed by atoms with Crippen molar-refractivity contribution < 1.29 is 18.7 Å². The van der Waals surface area contributed by atoms with Gasteiger partial charge in [-0.25, -0.2) is 9.79 Å². The fraction of sp³-hybridized carbons (Fsp3) is 0.250. The van der Waals surface area contributed by atoms with E-state index in [9.17, 15) is 9.59 Å². The molecule has 1 saturated heterocycles. The van der Waals surface area contributed by atoms with Crippen molar-refractivity contribution in [2.75, 3.05) is 12.4 Å². The standard InChI is InChI=1S/C20H16Cl2N2O4S/c1-3-27-19(26)17-10(2)23-20-24(16(25)9-29-20)18(17)15-7-6-14(28-15)11-4-5-12(21)13(22)8-11/h4-8,18H,3,9H2,1-2H3/t18-/m0/s1. The van der Waals surface area contributed by atoms with Crippen molar-refractivity contribution in [2.45, 2.75) is 19.9 Å². The molecule has 0 aliphatic carbocycles. The van der Waals surface area contributed by atoms with Crippen molar-refractivity contribution in [2.24, 2.45) is 4.99 Å². The minimum Gasteiger partial charge on any atom is -0.463 e. The van der Waals surface area contributed by atoms with Crippen LogP contribution in [0.25, 0.3) is 11.3 Å². The molecule has 150 valence electrons. The summed E-state index contributed by atoms with van der Waals surface area (Å²) in [7, 11) is 0. The van der Waals surface area contributed by atoms with E-state index in [0.29, 0.717) is 38.0 Å². The number of carbonyl (C=O) groups is 2. The van der Waals surface area contributed by atoms with Crippen LogP contribution in [0.3, 0.4) is 0 Å². The maximum absolute atomic E-state index is 12.7. The molecule has 2 aliphatic rings. The van der Waals surface area contributed by atoms with Crippen LogP contribution in [-0.4, -0.2) is 34.3 Å². The molecule has 2 aromatic rings. The topological polar surface area (TPSA) is 72.1 Å². The number of nitrogens with zero attached hydrogens (tertiary/aromatic N) is 2. The Hall–Kier alpha value is -2.22. The number of hydrogen-bond acceptors (Lipinski definition) is 6. The minimum absolute atomic E-state index is 0.138. The molecule has 1 aromatic carbocycles. The Balaban J connectivity index is 1.79. The first-order valence-corrected chi connectivity index (χ1v) is 10.6. The molecule has 1 atom stereocenters. The van der Waals surface area contributed by atoms with Crippen molar-refractivity contribution in [1.82, 2.24) is 4.90 Å². The second kappa shape index (κ2) is 7.89. The van der Waals surface area contributed by atoms with Gasteiger partial charge in [0.05, 0.1) is 33.7 Å². The number of carbonyl (C=O) groups excluding carboxylic acids is 2. The van der Waals surface area contributed by atoms with Crippen LogP contribution in [0.5, 0.6) is 0 Å². The van der Waals surface area contributed by atoms with Crippen LogP contribution < -0.4 is 0 Å². The van der Waals surface area contributed by atoms with Crippen molar-refractivity contribution in [3.8, 4) is 11.3 Å². The Bertz CT molecular complexity index is 1080. The molecule has 0 bridgehead atoms. The number of thioether (sulfide) groups is 1. The molecule has 29 heavy (non-hydrogen) atoms. The smallest absolute Gasteiger partial charge is 0.338 e. The van der Waals surface area contributed by atoms with E-state index in [1.54, 1.807) is 44.2 Å². The summed E-state index contributed by atoms with van der Waals surface area (Å²) in [5.74, 6) is 0.592. The zero-order valence-electron chi connectivity index (χ0n) is 15.6. The number of esters is 1. The Labute approximate surface area is 181 Å². The lowest BCUT2D eigenvalue weighted by Gasteiger charge is -2.31. The Kier molecular flexibility index (Phi) is 5.46. The SMILES string of the molecule is CCOC(=O)C1=C(C)N=C2SCC(=O)N2[C@H]1c1ccc(-c2ccc(Cl)c(Cl)c2)o1. The van der Waals surface area contributed by atoms with E-state index in [0.717, 1.165) is 5.56 Å². The van der Waals surface area contributed by atoms with Gasteiger partial charge in [0.2, 0.25) is 5.91 Å². The lowest BCUT2D eigenvalue weighted by molar-refractivity contribution is -0.139. The molecule has 1 amide bonds. The minimum atomic E-state index is -0.736. The average Bonchev–Trinajstić information content (AvgIpc) is 3.30. The van der Waals surface area contributed by atoms with E-state index >= 15 is 0 Å². The molecule has 0 N–H and O–H groups in total. The summed E-state index contributed by atoms with van der Waals surface area (Å²) >= 11 is 13.4. The molecular weight excluding hydrogens is 435 g/mol. The number of amides is 1. The van der Waals surface area contributed by atoms with Crippen LogP contribution in [0.1, 0.15) is 25.6 Å². The lowest BCUT2D eigenvalue weighted by atomic mass is 10.00. The normalized spacial score (nSPS) is 18.8. The second-order valence-electron chi connectivity index (χ2n) is 6.40. The predicted octanol–water partition coefficient (Wildman–Crippen LogP) is 5.08. The van der Waals surface area contributed by atoms with E-state index in [2.05, 4.69) is 4.99 Å². The summed E-state index contributed by atoms with van der Waals surface area (Å²) < 4.78 is 11.3. The fourth-order valence-electron chi connectivity index (χ4n) is 3.29. The van der Waals surface area contributed by atoms with Crippen molar-refractivity contribution in [3.63, 3.8) is 0 Å². The van der Waals surface area contributed by atoms with Gasteiger partial charge >= 0.3 is 5.97 Å². The first-order chi connectivity index (χ1) is 13.9. The van der Waals surface area contributed by atoms with Crippen molar-refractivity contribution in [3.05, 3.63) is 57.4 Å². The molecule has 1 fully saturated rings. The number of amidine groups is 1. The molecule has 0 spiro atoms. The number of hydrogen-bond donors (Lipinski definition) is 0. The summed E-state index contributed by atoms with van der Waals surface area (Å²) in [5, 5.41) is 1.40. The molecule has 4 rings (SSSR count). The number of halogens is 2. The summed E-state index contributed by atoms with van der Waals surface area (Å²) in [6, 6.07) is 7.95. The van der Waals surface area contributed by atoms with Gasteiger partial charge in [0.15, 0.2) is 5.17 Å². The molecule has 9 heteroatoms. The summed E-state index contributed by atoms with van der Waals surface area (Å²) in [5.41, 5.74) is 1.53. The van der Waals surface area contributed by atoms with E-state index in [1.165, 1.54) is 16.7 Å². The van der Waals surface area contributed by atoms with E-state index < -0.39 is 12.0 Å². The molecule has 0 saturated carbocycles. The predicted molar refractivity (Wildman–Crippen MR) is 113 cm³/mol. The van der Waals surface area contributed by atoms with Crippen LogP contribution in [0.15, 0.2) is 51.0 Å². The van der Waals surface area contributed by atoms with E-state index in [1.807, 2.05) is 0 Å². The monoisotopic (exact) mass is 450 g/mol. The fourth-order valence-corrected chi connectivity index (χ4v) is 4.52. The van der Waals surface area contributed by atoms with Gasteiger partial charge in [-0.1, -0.05) is 35.0 Å². The van der Waals surface area contributed by atoms with Crippen LogP contribution in [0, 0.1) is 0 Å². The first kappa shape index (κ1) is 20.1. The summed E-state index contributed by atoms with van der Waals surface area (Å²) in [6.45, 7) is 3.68. The molecule has 0 radical (unpaired) electrons. The first-order valence-electron chi connectivity index (χ1n) is 8.87. The number of fused-ring (bicyclic) bond motifs is 1.